The van der Waals surface area contributed by atoms with Gasteiger partial charge < -0.3 is 5.32 Å². The predicted octanol–water partition coefficient (Wildman–Crippen LogP) is 3.68. The van der Waals surface area contributed by atoms with Crippen molar-refractivity contribution in [3.05, 3.63) is 34.9 Å². The Hall–Kier alpha value is -0.470. The van der Waals surface area contributed by atoms with Gasteiger partial charge >= 0.3 is 0 Å². The zero-order chi connectivity index (χ0) is 12.3. The fourth-order valence-corrected chi connectivity index (χ4v) is 3.70. The van der Waals surface area contributed by atoms with Gasteiger partial charge in [-0.3, -0.25) is 0 Å². The fraction of sp³-hybridized carbons (Fsp3) is 0.600. The lowest BCUT2D eigenvalue weighted by atomic mass is 10.0. The largest absolute Gasteiger partial charge is 0.311 e. The lowest BCUT2D eigenvalue weighted by molar-refractivity contribution is 0.536. The Bertz CT molecular complexity index is 381. The van der Waals surface area contributed by atoms with Crippen molar-refractivity contribution in [1.29, 1.82) is 0 Å². The van der Waals surface area contributed by atoms with E-state index in [1.807, 2.05) is 0 Å². The highest BCUT2D eigenvalue weighted by molar-refractivity contribution is 8.00. The van der Waals surface area contributed by atoms with Crippen LogP contribution in [0, 0.1) is 13.8 Å². The molecule has 17 heavy (non-hydrogen) atoms. The summed E-state index contributed by atoms with van der Waals surface area (Å²) in [5.74, 6) is 1.33. The molecule has 0 aromatic heterocycles. The van der Waals surface area contributed by atoms with Gasteiger partial charge in [0.1, 0.15) is 0 Å². The molecule has 1 aromatic carbocycles. The molecule has 1 heterocycles. The first-order valence-electron chi connectivity index (χ1n) is 6.50. The van der Waals surface area contributed by atoms with Crippen LogP contribution in [0.25, 0.3) is 0 Å². The molecule has 2 heteroatoms. The van der Waals surface area contributed by atoms with Crippen molar-refractivity contribution in [3.63, 3.8) is 0 Å². The maximum Gasteiger partial charge on any atom is 0.0256 e. The third-order valence-corrected chi connectivity index (χ3v) is 5.16. The van der Waals surface area contributed by atoms with Crippen molar-refractivity contribution in [3.8, 4) is 0 Å². The number of aryl methyl sites for hydroxylation is 2. The van der Waals surface area contributed by atoms with Crippen LogP contribution in [0.3, 0.4) is 0 Å². The molecule has 1 N–H and O–H groups in total. The summed E-state index contributed by atoms with van der Waals surface area (Å²) in [6.45, 7) is 8.88. The molecule has 1 saturated heterocycles. The van der Waals surface area contributed by atoms with Crippen LogP contribution in [0.4, 0.5) is 0 Å². The number of benzene rings is 1. The number of hydrogen-bond donors (Lipinski definition) is 1. The van der Waals surface area contributed by atoms with Crippen LogP contribution in [0.5, 0.6) is 0 Å². The quantitative estimate of drug-likeness (QED) is 0.873. The number of nitrogens with one attached hydrogen (secondary N) is 1. The summed E-state index contributed by atoms with van der Waals surface area (Å²) in [5, 5.41) is 3.63. The van der Waals surface area contributed by atoms with Crippen LogP contribution >= 0.6 is 11.8 Å². The topological polar surface area (TPSA) is 12.0 Å². The molecule has 1 aromatic rings. The Morgan fingerprint density at radius 2 is 2.18 bits per heavy atom. The Morgan fingerprint density at radius 3 is 2.88 bits per heavy atom. The van der Waals surface area contributed by atoms with Gasteiger partial charge in [0.2, 0.25) is 0 Å². The minimum atomic E-state index is 0.470. The molecule has 2 rings (SSSR count). The molecule has 94 valence electrons. The van der Waals surface area contributed by atoms with Crippen molar-refractivity contribution >= 4 is 11.8 Å². The summed E-state index contributed by atoms with van der Waals surface area (Å²) in [4.78, 5) is 0. The molecule has 1 fully saturated rings. The van der Waals surface area contributed by atoms with Crippen LogP contribution in [0.2, 0.25) is 0 Å². The number of thioether (sulfide) groups is 1. The first-order valence-corrected chi connectivity index (χ1v) is 7.48. The maximum atomic E-state index is 3.63. The molecule has 1 aliphatic rings. The molecule has 0 spiro atoms. The highest BCUT2D eigenvalue weighted by atomic mass is 32.2. The molecule has 0 bridgehead atoms. The van der Waals surface area contributed by atoms with Crippen LogP contribution in [-0.2, 0) is 6.54 Å². The summed E-state index contributed by atoms with van der Waals surface area (Å²) in [6.07, 6.45) is 2.74. The molecule has 1 aliphatic heterocycles. The predicted molar refractivity (Wildman–Crippen MR) is 77.7 cm³/mol. The van der Waals surface area contributed by atoms with E-state index in [1.165, 1.54) is 35.3 Å². The smallest absolute Gasteiger partial charge is 0.0256 e. The lowest BCUT2D eigenvalue weighted by Gasteiger charge is -2.23. The lowest BCUT2D eigenvalue weighted by Crippen LogP contribution is -2.32. The van der Waals surface area contributed by atoms with Gasteiger partial charge in [0.05, 0.1) is 0 Å². The van der Waals surface area contributed by atoms with Crippen molar-refractivity contribution in [2.45, 2.75) is 44.9 Å². The van der Waals surface area contributed by atoms with Crippen molar-refractivity contribution in [1.82, 2.24) is 5.32 Å². The van der Waals surface area contributed by atoms with Gasteiger partial charge in [-0.25, -0.2) is 0 Å². The second-order valence-electron chi connectivity index (χ2n) is 5.44. The summed E-state index contributed by atoms with van der Waals surface area (Å²) >= 11 is 2.12. The molecule has 0 amide bonds. The first kappa shape index (κ1) is 13.0. The van der Waals surface area contributed by atoms with Crippen LogP contribution in [0.1, 0.15) is 36.5 Å². The summed E-state index contributed by atoms with van der Waals surface area (Å²) in [6, 6.07) is 6.71. The Kier molecular flexibility index (Phi) is 4.16. The molecule has 1 atom stereocenters. The van der Waals surface area contributed by atoms with Crippen molar-refractivity contribution < 1.29 is 0 Å². The molecule has 1 nitrogen and oxygen atoms in total. The molecule has 0 aliphatic carbocycles. The van der Waals surface area contributed by atoms with E-state index in [0.717, 1.165) is 13.1 Å². The highest BCUT2D eigenvalue weighted by Crippen LogP contribution is 2.36. The van der Waals surface area contributed by atoms with Crippen LogP contribution in [0.15, 0.2) is 18.2 Å². The second-order valence-corrected chi connectivity index (χ2v) is 7.12. The molecule has 1 unspecified atom stereocenters. The monoisotopic (exact) mass is 249 g/mol. The Morgan fingerprint density at radius 1 is 1.35 bits per heavy atom. The third-order valence-electron chi connectivity index (χ3n) is 3.62. The van der Waals surface area contributed by atoms with E-state index in [1.54, 1.807) is 0 Å². The summed E-state index contributed by atoms with van der Waals surface area (Å²) < 4.78 is 0.470. The normalized spacial score (nSPS) is 24.2. The summed E-state index contributed by atoms with van der Waals surface area (Å²) in [7, 11) is 0. The van der Waals surface area contributed by atoms with Crippen molar-refractivity contribution in [2.75, 3.05) is 12.3 Å². The van der Waals surface area contributed by atoms with E-state index in [4.69, 9.17) is 0 Å². The zero-order valence-electron chi connectivity index (χ0n) is 11.2. The van der Waals surface area contributed by atoms with E-state index in [-0.39, 0.29) is 0 Å². The van der Waals surface area contributed by atoms with Gasteiger partial charge in [-0.1, -0.05) is 23.8 Å². The second kappa shape index (κ2) is 5.45. The SMILES string of the molecule is Cc1ccc(C)c(CNCC2(C)CCCS2)c1. The van der Waals surface area contributed by atoms with E-state index in [9.17, 15) is 0 Å². The van der Waals surface area contributed by atoms with Crippen LogP contribution < -0.4 is 5.32 Å². The Labute approximate surface area is 109 Å². The Balaban J connectivity index is 1.87. The van der Waals surface area contributed by atoms with Crippen LogP contribution in [-0.4, -0.2) is 17.0 Å². The molecule has 0 saturated carbocycles. The van der Waals surface area contributed by atoms with Crippen molar-refractivity contribution in [2.24, 2.45) is 0 Å². The molecular weight excluding hydrogens is 226 g/mol. The van der Waals surface area contributed by atoms with Gasteiger partial charge in [0, 0.05) is 17.8 Å². The first-order chi connectivity index (χ1) is 8.09. The zero-order valence-corrected chi connectivity index (χ0v) is 12.0. The van der Waals surface area contributed by atoms with Gasteiger partial charge in [-0.05, 0) is 50.5 Å². The third kappa shape index (κ3) is 3.49. The number of rotatable bonds is 4. The average Bonchev–Trinajstić information content (AvgIpc) is 2.71. The van der Waals surface area contributed by atoms with E-state index in [2.05, 4.69) is 56.0 Å². The maximum absolute atomic E-state index is 3.63. The molecule has 0 radical (unpaired) electrons. The van der Waals surface area contributed by atoms with E-state index < -0.39 is 0 Å². The van der Waals surface area contributed by atoms with Gasteiger partial charge in [0.15, 0.2) is 0 Å². The van der Waals surface area contributed by atoms with Gasteiger partial charge in [-0.15, -0.1) is 0 Å². The fourth-order valence-electron chi connectivity index (χ4n) is 2.43. The standard InChI is InChI=1S/C15H23NS/c1-12-5-6-13(2)14(9-12)10-16-11-15(3)7-4-8-17-15/h5-6,9,16H,4,7-8,10-11H2,1-3H3. The van der Waals surface area contributed by atoms with Gasteiger partial charge in [0.25, 0.3) is 0 Å². The highest BCUT2D eigenvalue weighted by Gasteiger charge is 2.28. The molecular formula is C15H23NS. The average molecular weight is 249 g/mol. The van der Waals surface area contributed by atoms with Gasteiger partial charge in [-0.2, -0.15) is 11.8 Å². The minimum Gasteiger partial charge on any atom is -0.311 e. The number of hydrogen-bond acceptors (Lipinski definition) is 2. The van der Waals surface area contributed by atoms with E-state index >= 15 is 0 Å². The summed E-state index contributed by atoms with van der Waals surface area (Å²) in [5.41, 5.74) is 4.19. The minimum absolute atomic E-state index is 0.470. The van der Waals surface area contributed by atoms with E-state index in [0.29, 0.717) is 4.75 Å².